The van der Waals surface area contributed by atoms with E-state index in [-0.39, 0.29) is 36.7 Å². The Bertz CT molecular complexity index is 1210. The Balaban J connectivity index is 1.69. The number of carboxylic acid groups (broad SMARTS) is 1. The number of thiazole rings is 1. The van der Waals surface area contributed by atoms with Crippen LogP contribution in [0.5, 0.6) is 0 Å². The molecule has 1 saturated heterocycles. The summed E-state index contributed by atoms with van der Waals surface area (Å²) in [5, 5.41) is 13.1. The van der Waals surface area contributed by atoms with Crippen molar-refractivity contribution >= 4 is 17.4 Å². The standard InChI is InChI=1S/C27H30F3N3O2S/c1-27(2,3)24(31-13-17-14-33(26(34)35)15-21(17)30)23-22(11-16-7-5-4-6-8-16)36-25(32-23)19-12-18(28)9-10-20(19)29/h4-10,12,17,21,24,31H,11,13-15H2,1-3H3,(H,34,35)/t17?,21?,24-/m0/s1. The van der Waals surface area contributed by atoms with Crippen LogP contribution in [0.15, 0.2) is 48.5 Å². The van der Waals surface area contributed by atoms with Crippen LogP contribution in [0.3, 0.4) is 0 Å². The second kappa shape index (κ2) is 10.6. The van der Waals surface area contributed by atoms with Crippen LogP contribution in [0.4, 0.5) is 18.0 Å². The Hall–Kier alpha value is -2.91. The first-order valence-corrected chi connectivity index (χ1v) is 12.7. The normalized spacial score (nSPS) is 19.0. The number of benzene rings is 2. The van der Waals surface area contributed by atoms with E-state index in [1.54, 1.807) is 0 Å². The molecule has 2 aromatic carbocycles. The first kappa shape index (κ1) is 26.2. The van der Waals surface area contributed by atoms with Crippen molar-refractivity contribution in [2.75, 3.05) is 19.6 Å². The van der Waals surface area contributed by atoms with Crippen LogP contribution in [0.2, 0.25) is 0 Å². The third kappa shape index (κ3) is 5.90. The minimum absolute atomic E-state index is 0.102. The zero-order valence-corrected chi connectivity index (χ0v) is 21.3. The van der Waals surface area contributed by atoms with Crippen molar-refractivity contribution < 1.29 is 23.1 Å². The van der Waals surface area contributed by atoms with E-state index >= 15 is 0 Å². The smallest absolute Gasteiger partial charge is 0.407 e. The molecule has 9 heteroatoms. The lowest BCUT2D eigenvalue weighted by Gasteiger charge is -2.32. The van der Waals surface area contributed by atoms with E-state index in [2.05, 4.69) is 5.32 Å². The molecule has 3 aromatic rings. The lowest BCUT2D eigenvalue weighted by molar-refractivity contribution is 0.152. The van der Waals surface area contributed by atoms with Crippen molar-refractivity contribution in [3.63, 3.8) is 0 Å². The fourth-order valence-corrected chi connectivity index (χ4v) is 5.69. The summed E-state index contributed by atoms with van der Waals surface area (Å²) in [7, 11) is 0. The first-order chi connectivity index (χ1) is 17.0. The van der Waals surface area contributed by atoms with Gasteiger partial charge in [-0.2, -0.15) is 0 Å². The van der Waals surface area contributed by atoms with Crippen molar-refractivity contribution in [1.82, 2.24) is 15.2 Å². The van der Waals surface area contributed by atoms with Gasteiger partial charge in [0.25, 0.3) is 0 Å². The fourth-order valence-electron chi connectivity index (χ4n) is 4.54. The molecule has 1 aliphatic heterocycles. The van der Waals surface area contributed by atoms with Gasteiger partial charge in [0.05, 0.1) is 18.3 Å². The van der Waals surface area contributed by atoms with Crippen molar-refractivity contribution in [2.24, 2.45) is 11.3 Å². The first-order valence-electron chi connectivity index (χ1n) is 11.9. The van der Waals surface area contributed by atoms with Gasteiger partial charge in [-0.3, -0.25) is 0 Å². The molecule has 0 saturated carbocycles. The summed E-state index contributed by atoms with van der Waals surface area (Å²) in [5.74, 6) is -1.58. The molecule has 1 amide bonds. The van der Waals surface area contributed by atoms with Gasteiger partial charge < -0.3 is 15.3 Å². The van der Waals surface area contributed by atoms with E-state index in [1.165, 1.54) is 11.3 Å². The molecule has 3 atom stereocenters. The van der Waals surface area contributed by atoms with Gasteiger partial charge in [-0.15, -0.1) is 11.3 Å². The number of aromatic nitrogens is 1. The lowest BCUT2D eigenvalue weighted by atomic mass is 9.83. The lowest BCUT2D eigenvalue weighted by Crippen LogP contribution is -2.38. The third-order valence-electron chi connectivity index (χ3n) is 6.45. The Labute approximate surface area is 213 Å². The summed E-state index contributed by atoms with van der Waals surface area (Å²) < 4.78 is 43.2. The van der Waals surface area contributed by atoms with E-state index < -0.39 is 29.8 Å². The van der Waals surface area contributed by atoms with E-state index in [0.717, 1.165) is 33.5 Å². The molecule has 1 aromatic heterocycles. The van der Waals surface area contributed by atoms with Gasteiger partial charge in [-0.05, 0) is 29.2 Å². The van der Waals surface area contributed by atoms with Crippen LogP contribution >= 0.6 is 11.3 Å². The summed E-state index contributed by atoms with van der Waals surface area (Å²) >= 11 is 1.32. The van der Waals surface area contributed by atoms with E-state index in [4.69, 9.17) is 4.98 Å². The van der Waals surface area contributed by atoms with Crippen LogP contribution in [0, 0.1) is 23.0 Å². The summed E-state index contributed by atoms with van der Waals surface area (Å²) in [4.78, 5) is 18.1. The number of alkyl halides is 1. The van der Waals surface area contributed by atoms with Crippen LogP contribution in [-0.4, -0.2) is 46.9 Å². The number of nitrogens with one attached hydrogen (secondary N) is 1. The predicted molar refractivity (Wildman–Crippen MR) is 135 cm³/mol. The van der Waals surface area contributed by atoms with Gasteiger partial charge in [0.2, 0.25) is 0 Å². The molecular formula is C27H30F3N3O2S. The van der Waals surface area contributed by atoms with Gasteiger partial charge in [0, 0.05) is 35.9 Å². The minimum Gasteiger partial charge on any atom is -0.465 e. The molecule has 4 rings (SSSR count). The van der Waals surface area contributed by atoms with Crippen LogP contribution in [0.25, 0.3) is 10.6 Å². The highest BCUT2D eigenvalue weighted by Gasteiger charge is 2.38. The van der Waals surface area contributed by atoms with E-state index in [0.29, 0.717) is 17.1 Å². The topological polar surface area (TPSA) is 65.5 Å². The Morgan fingerprint density at radius 3 is 2.56 bits per heavy atom. The van der Waals surface area contributed by atoms with Crippen LogP contribution in [0.1, 0.15) is 42.9 Å². The fraction of sp³-hybridized carbons (Fsp3) is 0.407. The molecular weight excluding hydrogens is 487 g/mol. The van der Waals surface area contributed by atoms with Gasteiger partial charge in [0.1, 0.15) is 22.8 Å². The Kier molecular flexibility index (Phi) is 7.70. The third-order valence-corrected chi connectivity index (χ3v) is 7.55. The highest BCUT2D eigenvalue weighted by molar-refractivity contribution is 7.15. The Morgan fingerprint density at radius 2 is 1.92 bits per heavy atom. The van der Waals surface area contributed by atoms with Crippen LogP contribution in [-0.2, 0) is 6.42 Å². The maximum Gasteiger partial charge on any atom is 0.407 e. The van der Waals surface area contributed by atoms with Gasteiger partial charge in [-0.1, -0.05) is 51.1 Å². The average Bonchev–Trinajstić information content (AvgIpc) is 3.39. The molecule has 2 N–H and O–H groups in total. The van der Waals surface area contributed by atoms with Crippen molar-refractivity contribution in [1.29, 1.82) is 0 Å². The summed E-state index contributed by atoms with van der Waals surface area (Å²) in [5.41, 5.74) is 1.51. The highest BCUT2D eigenvalue weighted by Crippen LogP contribution is 2.40. The molecule has 0 aliphatic carbocycles. The maximum atomic E-state index is 14.6. The van der Waals surface area contributed by atoms with Crippen molar-refractivity contribution in [3.05, 3.63) is 76.3 Å². The number of halogens is 3. The van der Waals surface area contributed by atoms with Crippen LogP contribution < -0.4 is 5.32 Å². The van der Waals surface area contributed by atoms with Gasteiger partial charge in [0.15, 0.2) is 0 Å². The monoisotopic (exact) mass is 517 g/mol. The number of rotatable bonds is 7. The number of hydrogen-bond donors (Lipinski definition) is 2. The largest absolute Gasteiger partial charge is 0.465 e. The maximum absolute atomic E-state index is 14.6. The molecule has 2 unspecified atom stereocenters. The summed E-state index contributed by atoms with van der Waals surface area (Å²) in [6.07, 6.45) is -1.83. The number of likely N-dealkylation sites (tertiary alicyclic amines) is 1. The molecule has 36 heavy (non-hydrogen) atoms. The minimum atomic E-state index is -1.26. The molecule has 5 nitrogen and oxygen atoms in total. The molecule has 1 fully saturated rings. The SMILES string of the molecule is CC(C)(C)[C@@H](NCC1CN(C(=O)O)CC1F)c1nc(-c2cc(F)ccc2F)sc1Cc1ccccc1. The van der Waals surface area contributed by atoms with Crippen molar-refractivity contribution in [2.45, 2.75) is 39.4 Å². The number of nitrogens with zero attached hydrogens (tertiary/aromatic N) is 2. The molecule has 2 heterocycles. The van der Waals surface area contributed by atoms with E-state index in [1.807, 2.05) is 51.1 Å². The number of hydrogen-bond acceptors (Lipinski definition) is 4. The second-order valence-corrected chi connectivity index (χ2v) is 11.4. The zero-order valence-electron chi connectivity index (χ0n) is 20.5. The Morgan fingerprint density at radius 1 is 1.19 bits per heavy atom. The average molecular weight is 518 g/mol. The van der Waals surface area contributed by atoms with Gasteiger partial charge in [-0.25, -0.2) is 22.9 Å². The highest BCUT2D eigenvalue weighted by atomic mass is 32.1. The molecule has 192 valence electrons. The quantitative estimate of drug-likeness (QED) is 0.386. The van der Waals surface area contributed by atoms with E-state index in [9.17, 15) is 23.1 Å². The second-order valence-electron chi connectivity index (χ2n) is 10.3. The number of carbonyl (C=O) groups is 1. The summed E-state index contributed by atoms with van der Waals surface area (Å²) in [6.45, 7) is 6.34. The van der Waals surface area contributed by atoms with Gasteiger partial charge >= 0.3 is 6.09 Å². The zero-order chi connectivity index (χ0) is 26.0. The molecule has 0 radical (unpaired) electrons. The molecule has 0 bridgehead atoms. The summed E-state index contributed by atoms with van der Waals surface area (Å²) in [6, 6.07) is 12.8. The number of amides is 1. The molecule has 1 aliphatic rings. The molecule has 0 spiro atoms. The van der Waals surface area contributed by atoms with Crippen molar-refractivity contribution in [3.8, 4) is 10.6 Å². The predicted octanol–water partition coefficient (Wildman–Crippen LogP) is 6.30.